The van der Waals surface area contributed by atoms with Crippen molar-refractivity contribution >= 4 is 27.5 Å². The van der Waals surface area contributed by atoms with Gasteiger partial charge in [0.15, 0.2) is 0 Å². The summed E-state index contributed by atoms with van der Waals surface area (Å²) >= 11 is 9.01. The van der Waals surface area contributed by atoms with Crippen LogP contribution in [0.15, 0.2) is 22.7 Å². The van der Waals surface area contributed by atoms with Gasteiger partial charge >= 0.3 is 0 Å². The first-order valence-corrected chi connectivity index (χ1v) is 6.72. The van der Waals surface area contributed by atoms with Crippen molar-refractivity contribution < 1.29 is 9.13 Å². The molecule has 1 rings (SSSR count). The number of ether oxygens (including phenoxy) is 1. The molecule has 1 aromatic carbocycles. The van der Waals surface area contributed by atoms with Gasteiger partial charge in [0.25, 0.3) is 0 Å². The van der Waals surface area contributed by atoms with E-state index in [9.17, 15) is 4.39 Å². The number of methoxy groups -OCH3 is 1. The van der Waals surface area contributed by atoms with Gasteiger partial charge in [-0.2, -0.15) is 0 Å². The van der Waals surface area contributed by atoms with E-state index in [4.69, 9.17) is 16.3 Å². The maximum Gasteiger partial charge on any atom is 0.137 e. The van der Waals surface area contributed by atoms with Crippen LogP contribution in [0, 0.1) is 5.82 Å². The molecule has 0 aliphatic heterocycles. The number of benzene rings is 1. The van der Waals surface area contributed by atoms with Gasteiger partial charge in [0.05, 0.1) is 11.1 Å². The minimum Gasteiger partial charge on any atom is -0.383 e. The standard InChI is InChI=1S/C12H16BrClFNO/c1-17-8-7-16(6-5-14)9-10-3-2-4-11(15)12(10)13/h2-4H,5-9H2,1H3. The van der Waals surface area contributed by atoms with E-state index in [1.54, 1.807) is 13.2 Å². The third-order valence-corrected chi connectivity index (χ3v) is 3.50. The Kier molecular flexibility index (Phi) is 7.04. The maximum absolute atomic E-state index is 13.4. The van der Waals surface area contributed by atoms with Crippen LogP contribution in [0.25, 0.3) is 0 Å². The highest BCUT2D eigenvalue weighted by atomic mass is 79.9. The Morgan fingerprint density at radius 2 is 2.18 bits per heavy atom. The molecule has 0 heterocycles. The van der Waals surface area contributed by atoms with Gasteiger partial charge in [-0.1, -0.05) is 12.1 Å². The van der Waals surface area contributed by atoms with Crippen LogP contribution >= 0.6 is 27.5 Å². The van der Waals surface area contributed by atoms with Crippen molar-refractivity contribution in [3.05, 3.63) is 34.1 Å². The Morgan fingerprint density at radius 3 is 2.82 bits per heavy atom. The van der Waals surface area contributed by atoms with Crippen molar-refractivity contribution in [2.45, 2.75) is 6.54 Å². The fraction of sp³-hybridized carbons (Fsp3) is 0.500. The normalized spacial score (nSPS) is 11.1. The number of rotatable bonds is 7. The molecule has 0 spiro atoms. The van der Waals surface area contributed by atoms with Gasteiger partial charge in [-0.05, 0) is 27.6 Å². The van der Waals surface area contributed by atoms with E-state index in [1.807, 2.05) is 6.07 Å². The van der Waals surface area contributed by atoms with Gasteiger partial charge in [0.2, 0.25) is 0 Å². The topological polar surface area (TPSA) is 12.5 Å². The number of halogens is 3. The van der Waals surface area contributed by atoms with Crippen LogP contribution in [0.1, 0.15) is 5.56 Å². The molecule has 0 bridgehead atoms. The Labute approximate surface area is 115 Å². The molecule has 0 fully saturated rings. The highest BCUT2D eigenvalue weighted by Gasteiger charge is 2.10. The summed E-state index contributed by atoms with van der Waals surface area (Å²) in [6, 6.07) is 5.06. The molecule has 0 saturated carbocycles. The summed E-state index contributed by atoms with van der Waals surface area (Å²) in [5.41, 5.74) is 0.922. The number of nitrogens with zero attached hydrogens (tertiary/aromatic N) is 1. The van der Waals surface area contributed by atoms with Crippen LogP contribution in [0.4, 0.5) is 4.39 Å². The van der Waals surface area contributed by atoms with Crippen molar-refractivity contribution in [2.75, 3.05) is 32.7 Å². The number of alkyl halides is 1. The Bertz CT molecular complexity index is 351. The summed E-state index contributed by atoms with van der Waals surface area (Å²) in [6.07, 6.45) is 0. The largest absolute Gasteiger partial charge is 0.383 e. The summed E-state index contributed by atoms with van der Waals surface area (Å²) < 4.78 is 18.9. The fourth-order valence-electron chi connectivity index (χ4n) is 1.52. The molecule has 0 aliphatic rings. The molecule has 0 atom stereocenters. The quantitative estimate of drug-likeness (QED) is 0.714. The highest BCUT2D eigenvalue weighted by Crippen LogP contribution is 2.21. The third kappa shape index (κ3) is 4.92. The molecule has 0 unspecified atom stereocenters. The molecule has 96 valence electrons. The summed E-state index contributed by atoms with van der Waals surface area (Å²) in [5.74, 6) is 0.316. The first kappa shape index (κ1) is 14.9. The Morgan fingerprint density at radius 1 is 1.41 bits per heavy atom. The van der Waals surface area contributed by atoms with Crippen LogP contribution in [-0.4, -0.2) is 37.6 Å². The average molecular weight is 325 g/mol. The Balaban J connectivity index is 2.67. The summed E-state index contributed by atoms with van der Waals surface area (Å²) in [6.45, 7) is 2.85. The van der Waals surface area contributed by atoms with Crippen molar-refractivity contribution in [1.82, 2.24) is 4.90 Å². The molecule has 0 aliphatic carbocycles. The van der Waals surface area contributed by atoms with E-state index in [1.165, 1.54) is 6.07 Å². The molecule has 17 heavy (non-hydrogen) atoms. The van der Waals surface area contributed by atoms with Crippen LogP contribution in [0.5, 0.6) is 0 Å². The van der Waals surface area contributed by atoms with Gasteiger partial charge in [0, 0.05) is 32.6 Å². The van der Waals surface area contributed by atoms with Crippen molar-refractivity contribution in [3.63, 3.8) is 0 Å². The van der Waals surface area contributed by atoms with Crippen LogP contribution < -0.4 is 0 Å². The monoisotopic (exact) mass is 323 g/mol. The molecule has 0 radical (unpaired) electrons. The molecule has 1 aromatic rings. The van der Waals surface area contributed by atoms with Crippen molar-refractivity contribution in [2.24, 2.45) is 0 Å². The van der Waals surface area contributed by atoms with E-state index in [-0.39, 0.29) is 5.82 Å². The zero-order valence-corrected chi connectivity index (χ0v) is 12.1. The smallest absolute Gasteiger partial charge is 0.137 e. The second-order valence-corrected chi connectivity index (χ2v) is 4.84. The predicted molar refractivity (Wildman–Crippen MR) is 72.0 cm³/mol. The average Bonchev–Trinajstić information content (AvgIpc) is 2.32. The van der Waals surface area contributed by atoms with E-state index < -0.39 is 0 Å². The van der Waals surface area contributed by atoms with E-state index in [0.29, 0.717) is 23.5 Å². The lowest BCUT2D eigenvalue weighted by molar-refractivity contribution is 0.148. The van der Waals surface area contributed by atoms with Gasteiger partial charge in [0.1, 0.15) is 5.82 Å². The molecule has 0 saturated heterocycles. The zero-order valence-electron chi connectivity index (χ0n) is 9.76. The first-order valence-electron chi connectivity index (χ1n) is 5.39. The Hall–Kier alpha value is -0.160. The van der Waals surface area contributed by atoms with Crippen LogP contribution in [-0.2, 0) is 11.3 Å². The van der Waals surface area contributed by atoms with Crippen molar-refractivity contribution in [3.8, 4) is 0 Å². The molecular weight excluding hydrogens is 308 g/mol. The molecule has 0 N–H and O–H groups in total. The second kappa shape index (κ2) is 8.03. The van der Waals surface area contributed by atoms with Gasteiger partial charge < -0.3 is 4.74 Å². The van der Waals surface area contributed by atoms with E-state index >= 15 is 0 Å². The highest BCUT2D eigenvalue weighted by molar-refractivity contribution is 9.10. The lowest BCUT2D eigenvalue weighted by Crippen LogP contribution is -2.29. The minimum atomic E-state index is -0.236. The predicted octanol–water partition coefficient (Wildman–Crippen LogP) is 3.28. The summed E-state index contributed by atoms with van der Waals surface area (Å²) in [5, 5.41) is 0. The summed E-state index contributed by atoms with van der Waals surface area (Å²) in [4.78, 5) is 2.13. The van der Waals surface area contributed by atoms with Crippen LogP contribution in [0.2, 0.25) is 0 Å². The molecular formula is C12H16BrClFNO. The maximum atomic E-state index is 13.4. The second-order valence-electron chi connectivity index (χ2n) is 3.67. The van der Waals surface area contributed by atoms with Gasteiger partial charge in [-0.25, -0.2) is 4.39 Å². The molecule has 2 nitrogen and oxygen atoms in total. The van der Waals surface area contributed by atoms with Crippen molar-refractivity contribution in [1.29, 1.82) is 0 Å². The molecule has 0 aromatic heterocycles. The third-order valence-electron chi connectivity index (χ3n) is 2.44. The molecule has 0 amide bonds. The first-order chi connectivity index (χ1) is 8.19. The lowest BCUT2D eigenvalue weighted by Gasteiger charge is -2.21. The number of hydrogen-bond acceptors (Lipinski definition) is 2. The number of hydrogen-bond donors (Lipinski definition) is 0. The van der Waals surface area contributed by atoms with Gasteiger partial charge in [-0.3, -0.25) is 4.90 Å². The fourth-order valence-corrected chi connectivity index (χ4v) is 2.15. The SMILES string of the molecule is COCCN(CCCl)Cc1cccc(F)c1Br. The van der Waals surface area contributed by atoms with Gasteiger partial charge in [-0.15, -0.1) is 11.6 Å². The lowest BCUT2D eigenvalue weighted by atomic mass is 10.2. The summed E-state index contributed by atoms with van der Waals surface area (Å²) in [7, 11) is 1.66. The van der Waals surface area contributed by atoms with E-state index in [0.717, 1.165) is 18.7 Å². The van der Waals surface area contributed by atoms with Crippen LogP contribution in [0.3, 0.4) is 0 Å². The minimum absolute atomic E-state index is 0.236. The zero-order chi connectivity index (χ0) is 12.7. The van der Waals surface area contributed by atoms with E-state index in [2.05, 4.69) is 20.8 Å². The molecule has 5 heteroatoms.